The van der Waals surface area contributed by atoms with Crippen LogP contribution in [0.1, 0.15) is 65.3 Å². The number of fused-ring (bicyclic) bond motifs is 1. The number of imide groups is 2. The number of nitriles is 1. The van der Waals surface area contributed by atoms with Crippen molar-refractivity contribution < 1.29 is 23.6 Å². The summed E-state index contributed by atoms with van der Waals surface area (Å²) in [5.41, 5.74) is 1.83. The summed E-state index contributed by atoms with van der Waals surface area (Å²) in [4.78, 5) is 52.5. The maximum absolute atomic E-state index is 14.8. The maximum atomic E-state index is 14.8. The monoisotopic (exact) mass is 517 g/mol. The van der Waals surface area contributed by atoms with Crippen LogP contribution in [0.25, 0.3) is 0 Å². The number of carbonyl (C=O) groups excluding carboxylic acids is 4. The molecular weight excluding hydrogens is 489 g/mol. The van der Waals surface area contributed by atoms with E-state index in [-0.39, 0.29) is 35.1 Å². The SMILES string of the molecule is CCN(CCCNc1cc2c(cc1F)C(=O)N(C1CCC(=O)NC1=O)C2=O)c1ccc(C2(C#N)CC2)cc1. The molecule has 0 bridgehead atoms. The second kappa shape index (κ2) is 9.89. The Morgan fingerprint density at radius 1 is 1.13 bits per heavy atom. The fourth-order valence-corrected chi connectivity index (χ4v) is 5.17. The van der Waals surface area contributed by atoms with E-state index < -0.39 is 35.5 Å². The van der Waals surface area contributed by atoms with Crippen molar-refractivity contribution in [2.45, 2.75) is 50.5 Å². The topological polar surface area (TPSA) is 123 Å². The van der Waals surface area contributed by atoms with E-state index in [2.05, 4.69) is 28.5 Å². The Morgan fingerprint density at radius 3 is 2.42 bits per heavy atom. The van der Waals surface area contributed by atoms with Crippen molar-refractivity contribution in [3.63, 3.8) is 0 Å². The highest BCUT2D eigenvalue weighted by molar-refractivity contribution is 6.23. The average Bonchev–Trinajstić information content (AvgIpc) is 3.68. The molecular formula is C28H28FN5O4. The molecule has 1 saturated heterocycles. The summed E-state index contributed by atoms with van der Waals surface area (Å²) < 4.78 is 14.8. The zero-order chi connectivity index (χ0) is 27.0. The van der Waals surface area contributed by atoms with Crippen LogP contribution in [0, 0.1) is 17.1 Å². The Balaban J connectivity index is 1.20. The van der Waals surface area contributed by atoms with Gasteiger partial charge < -0.3 is 10.2 Å². The minimum Gasteiger partial charge on any atom is -0.383 e. The van der Waals surface area contributed by atoms with E-state index in [4.69, 9.17) is 0 Å². The number of halogens is 1. The molecule has 2 fully saturated rings. The van der Waals surface area contributed by atoms with Crippen molar-refractivity contribution >= 4 is 35.0 Å². The average molecular weight is 518 g/mol. The van der Waals surface area contributed by atoms with Crippen LogP contribution in [0.4, 0.5) is 15.8 Å². The van der Waals surface area contributed by atoms with Gasteiger partial charge in [-0.15, -0.1) is 0 Å². The minimum absolute atomic E-state index is 0.0184. The van der Waals surface area contributed by atoms with E-state index in [1.165, 1.54) is 6.07 Å². The molecule has 10 heteroatoms. The van der Waals surface area contributed by atoms with E-state index >= 15 is 0 Å². The van der Waals surface area contributed by atoms with Crippen LogP contribution in [0.15, 0.2) is 36.4 Å². The quantitative estimate of drug-likeness (QED) is 0.387. The van der Waals surface area contributed by atoms with Crippen LogP contribution in [0.5, 0.6) is 0 Å². The molecule has 5 rings (SSSR count). The molecule has 3 aliphatic rings. The lowest BCUT2D eigenvalue weighted by Crippen LogP contribution is -2.54. The molecule has 1 aliphatic carbocycles. The van der Waals surface area contributed by atoms with Crippen molar-refractivity contribution in [2.24, 2.45) is 0 Å². The first-order valence-electron chi connectivity index (χ1n) is 12.8. The number of hydrogen-bond donors (Lipinski definition) is 2. The van der Waals surface area contributed by atoms with Gasteiger partial charge in [0.25, 0.3) is 11.8 Å². The van der Waals surface area contributed by atoms with Crippen molar-refractivity contribution in [1.29, 1.82) is 5.26 Å². The van der Waals surface area contributed by atoms with Gasteiger partial charge in [0, 0.05) is 31.7 Å². The Kier molecular flexibility index (Phi) is 6.61. The fourth-order valence-electron chi connectivity index (χ4n) is 5.17. The van der Waals surface area contributed by atoms with Crippen molar-refractivity contribution in [1.82, 2.24) is 10.2 Å². The molecule has 2 aromatic carbocycles. The number of anilines is 2. The highest BCUT2D eigenvalue weighted by atomic mass is 19.1. The Bertz CT molecular complexity index is 1360. The van der Waals surface area contributed by atoms with Gasteiger partial charge in [-0.3, -0.25) is 29.4 Å². The standard InChI is InChI=1S/C28H28FN5O4/c1-2-33(18-6-4-17(5-7-18)28(16-30)10-11-28)13-3-12-31-22-15-20-19(14-21(22)29)26(37)34(27(20)38)23-8-9-24(35)32-25(23)36/h4-7,14-15,23,31H,2-3,8-13H2,1H3,(H,32,35,36). The summed E-state index contributed by atoms with van der Waals surface area (Å²) in [6, 6.07) is 11.7. The third-order valence-corrected chi connectivity index (χ3v) is 7.58. The number of nitrogens with zero attached hydrogens (tertiary/aromatic N) is 3. The molecule has 1 unspecified atom stereocenters. The lowest BCUT2D eigenvalue weighted by Gasteiger charge is -2.27. The molecule has 196 valence electrons. The lowest BCUT2D eigenvalue weighted by atomic mass is 9.97. The van der Waals surface area contributed by atoms with Crippen LogP contribution >= 0.6 is 0 Å². The zero-order valence-corrected chi connectivity index (χ0v) is 21.1. The minimum atomic E-state index is -1.09. The molecule has 2 N–H and O–H groups in total. The number of benzene rings is 2. The molecule has 0 radical (unpaired) electrons. The normalized spacial score (nSPS) is 19.6. The predicted molar refractivity (Wildman–Crippen MR) is 137 cm³/mol. The molecule has 4 amide bonds. The first-order valence-corrected chi connectivity index (χ1v) is 12.8. The number of hydrogen-bond acceptors (Lipinski definition) is 7. The summed E-state index contributed by atoms with van der Waals surface area (Å²) in [5.74, 6) is -3.24. The van der Waals surface area contributed by atoms with Gasteiger partial charge in [-0.2, -0.15) is 5.26 Å². The van der Waals surface area contributed by atoms with Gasteiger partial charge in [-0.25, -0.2) is 4.39 Å². The second-order valence-electron chi connectivity index (χ2n) is 9.93. The first-order chi connectivity index (χ1) is 18.3. The third kappa shape index (κ3) is 4.49. The maximum Gasteiger partial charge on any atom is 0.262 e. The summed E-state index contributed by atoms with van der Waals surface area (Å²) in [5, 5.41) is 14.6. The number of piperidine rings is 1. The summed E-state index contributed by atoms with van der Waals surface area (Å²) in [7, 11) is 0. The second-order valence-corrected chi connectivity index (χ2v) is 9.93. The van der Waals surface area contributed by atoms with Crippen molar-refractivity contribution in [3.8, 4) is 6.07 Å². The van der Waals surface area contributed by atoms with Gasteiger partial charge in [-0.05, 0) is 62.4 Å². The molecule has 2 heterocycles. The van der Waals surface area contributed by atoms with Crippen molar-refractivity contribution in [3.05, 3.63) is 58.9 Å². The summed E-state index contributed by atoms with van der Waals surface area (Å²) >= 11 is 0. The van der Waals surface area contributed by atoms with Gasteiger partial charge >= 0.3 is 0 Å². The van der Waals surface area contributed by atoms with Crippen LogP contribution in [-0.4, -0.2) is 54.2 Å². The van der Waals surface area contributed by atoms with E-state index in [0.29, 0.717) is 19.5 Å². The third-order valence-electron chi connectivity index (χ3n) is 7.58. The molecule has 0 spiro atoms. The molecule has 38 heavy (non-hydrogen) atoms. The Labute approximate surface area is 219 Å². The highest BCUT2D eigenvalue weighted by Crippen LogP contribution is 2.47. The summed E-state index contributed by atoms with van der Waals surface area (Å²) in [6.07, 6.45) is 2.55. The molecule has 0 aromatic heterocycles. The summed E-state index contributed by atoms with van der Waals surface area (Å²) in [6.45, 7) is 3.97. The van der Waals surface area contributed by atoms with Crippen molar-refractivity contribution in [2.75, 3.05) is 29.9 Å². The van der Waals surface area contributed by atoms with Crippen LogP contribution in [0.2, 0.25) is 0 Å². The number of carbonyl (C=O) groups is 4. The Hall–Kier alpha value is -4.26. The largest absolute Gasteiger partial charge is 0.383 e. The first kappa shape index (κ1) is 25.4. The number of amides is 4. The van der Waals surface area contributed by atoms with Gasteiger partial charge in [0.15, 0.2) is 0 Å². The fraction of sp³-hybridized carbons (Fsp3) is 0.393. The molecule has 9 nitrogen and oxygen atoms in total. The number of rotatable bonds is 9. The van der Waals surface area contributed by atoms with E-state index in [9.17, 15) is 28.8 Å². The van der Waals surface area contributed by atoms with Gasteiger partial charge in [0.05, 0.1) is 28.3 Å². The smallest absolute Gasteiger partial charge is 0.262 e. The Morgan fingerprint density at radius 2 is 1.82 bits per heavy atom. The van der Waals surface area contributed by atoms with Crippen LogP contribution in [-0.2, 0) is 15.0 Å². The molecule has 1 atom stereocenters. The van der Waals surface area contributed by atoms with Gasteiger partial charge in [0.1, 0.15) is 11.9 Å². The van der Waals surface area contributed by atoms with E-state index in [1.54, 1.807) is 0 Å². The zero-order valence-electron chi connectivity index (χ0n) is 21.1. The van der Waals surface area contributed by atoms with Gasteiger partial charge in [-0.1, -0.05) is 12.1 Å². The van der Waals surface area contributed by atoms with Crippen LogP contribution < -0.4 is 15.5 Å². The van der Waals surface area contributed by atoms with Gasteiger partial charge in [0.2, 0.25) is 11.8 Å². The van der Waals surface area contributed by atoms with E-state index in [0.717, 1.165) is 41.6 Å². The predicted octanol–water partition coefficient (Wildman–Crippen LogP) is 3.11. The van der Waals surface area contributed by atoms with E-state index in [1.807, 2.05) is 24.3 Å². The lowest BCUT2D eigenvalue weighted by molar-refractivity contribution is -0.136. The molecule has 1 saturated carbocycles. The highest BCUT2D eigenvalue weighted by Gasteiger charge is 2.46. The molecule has 2 aliphatic heterocycles. The van der Waals surface area contributed by atoms with Crippen LogP contribution in [0.3, 0.4) is 0 Å². The molecule has 2 aromatic rings. The number of nitrogens with one attached hydrogen (secondary N) is 2.